The van der Waals surface area contributed by atoms with Gasteiger partial charge in [-0.1, -0.05) is 0 Å². The average molecular weight is 206 g/mol. The molecular formula is C9H10N4S. The average Bonchev–Trinajstić information content (AvgIpc) is 2.70. The second kappa shape index (κ2) is 4.15. The molecule has 0 aliphatic carbocycles. The van der Waals surface area contributed by atoms with Crippen molar-refractivity contribution in [3.63, 3.8) is 0 Å². The van der Waals surface area contributed by atoms with Gasteiger partial charge in [0.15, 0.2) is 5.13 Å². The van der Waals surface area contributed by atoms with E-state index < -0.39 is 0 Å². The molecule has 72 valence electrons. The molecule has 4 nitrogen and oxygen atoms in total. The van der Waals surface area contributed by atoms with Gasteiger partial charge in [-0.25, -0.2) is 4.98 Å². The minimum absolute atomic E-state index is 0.667. The second-order valence-electron chi connectivity index (χ2n) is 2.84. The number of nitrogens with zero attached hydrogens (tertiary/aromatic N) is 3. The number of hydrogen-bond acceptors (Lipinski definition) is 5. The Morgan fingerprint density at radius 2 is 2.21 bits per heavy atom. The monoisotopic (exact) mass is 206 g/mol. The van der Waals surface area contributed by atoms with E-state index in [9.17, 15) is 0 Å². The van der Waals surface area contributed by atoms with Crippen molar-refractivity contribution < 1.29 is 0 Å². The van der Waals surface area contributed by atoms with Gasteiger partial charge in [-0.2, -0.15) is 0 Å². The number of hydrogen-bond donors (Lipinski definition) is 1. The van der Waals surface area contributed by atoms with Crippen molar-refractivity contribution >= 4 is 16.5 Å². The molecule has 5 heteroatoms. The third-order valence-electron chi connectivity index (χ3n) is 1.69. The zero-order chi connectivity index (χ0) is 9.80. The Labute approximate surface area is 86.1 Å². The van der Waals surface area contributed by atoms with E-state index in [0.29, 0.717) is 6.54 Å². The van der Waals surface area contributed by atoms with Gasteiger partial charge in [-0.05, 0) is 6.92 Å². The minimum atomic E-state index is 0.667. The molecule has 0 amide bonds. The standard InChI is InChI=1S/C9H10N4S/c1-7-4-12-8(5-11-7)6-13-9-10-2-3-14-9/h2-5H,6H2,1H3,(H,10,13). The lowest BCUT2D eigenvalue weighted by Gasteiger charge is -2.01. The summed E-state index contributed by atoms with van der Waals surface area (Å²) >= 11 is 1.57. The summed E-state index contributed by atoms with van der Waals surface area (Å²) in [5.74, 6) is 0. The molecule has 0 aromatic carbocycles. The van der Waals surface area contributed by atoms with Crippen LogP contribution < -0.4 is 5.32 Å². The fourth-order valence-electron chi connectivity index (χ4n) is 0.988. The van der Waals surface area contributed by atoms with E-state index in [4.69, 9.17) is 0 Å². The fraction of sp³-hybridized carbons (Fsp3) is 0.222. The van der Waals surface area contributed by atoms with E-state index in [2.05, 4.69) is 20.3 Å². The zero-order valence-corrected chi connectivity index (χ0v) is 8.58. The number of aromatic nitrogens is 3. The van der Waals surface area contributed by atoms with Crippen LogP contribution in [0.2, 0.25) is 0 Å². The van der Waals surface area contributed by atoms with Crippen molar-refractivity contribution in [2.45, 2.75) is 13.5 Å². The fourth-order valence-corrected chi connectivity index (χ4v) is 1.52. The highest BCUT2D eigenvalue weighted by molar-refractivity contribution is 7.13. The Morgan fingerprint density at radius 1 is 1.29 bits per heavy atom. The lowest BCUT2D eigenvalue weighted by molar-refractivity contribution is 0.982. The molecule has 0 bridgehead atoms. The lowest BCUT2D eigenvalue weighted by atomic mass is 10.4. The van der Waals surface area contributed by atoms with Crippen molar-refractivity contribution in [2.75, 3.05) is 5.32 Å². The molecule has 0 saturated carbocycles. The van der Waals surface area contributed by atoms with Crippen LogP contribution in [0.1, 0.15) is 11.4 Å². The molecule has 0 atom stereocenters. The predicted molar refractivity (Wildman–Crippen MR) is 56.2 cm³/mol. The molecule has 2 aromatic heterocycles. The molecule has 2 rings (SSSR count). The number of aryl methyl sites for hydroxylation is 1. The molecule has 1 N–H and O–H groups in total. The van der Waals surface area contributed by atoms with Crippen LogP contribution in [0.3, 0.4) is 0 Å². The van der Waals surface area contributed by atoms with Crippen molar-refractivity contribution in [1.82, 2.24) is 15.0 Å². The van der Waals surface area contributed by atoms with Crippen LogP contribution in [0.25, 0.3) is 0 Å². The molecule has 2 aromatic rings. The maximum Gasteiger partial charge on any atom is 0.182 e. The summed E-state index contributed by atoms with van der Waals surface area (Å²) in [4.78, 5) is 12.5. The summed E-state index contributed by atoms with van der Waals surface area (Å²) in [6.45, 7) is 2.59. The highest BCUT2D eigenvalue weighted by atomic mass is 32.1. The Morgan fingerprint density at radius 3 is 2.86 bits per heavy atom. The van der Waals surface area contributed by atoms with Gasteiger partial charge in [0.1, 0.15) is 0 Å². The first-order valence-corrected chi connectivity index (χ1v) is 5.13. The van der Waals surface area contributed by atoms with Gasteiger partial charge < -0.3 is 5.32 Å². The molecule has 0 saturated heterocycles. The Bertz CT molecular complexity index is 382. The Balaban J connectivity index is 1.95. The SMILES string of the molecule is Cc1cnc(CNc2nccs2)cn1. The number of anilines is 1. The topological polar surface area (TPSA) is 50.7 Å². The van der Waals surface area contributed by atoms with E-state index in [1.807, 2.05) is 12.3 Å². The van der Waals surface area contributed by atoms with Crippen LogP contribution >= 0.6 is 11.3 Å². The molecular weight excluding hydrogens is 196 g/mol. The summed E-state index contributed by atoms with van der Waals surface area (Å²) in [5.41, 5.74) is 1.86. The summed E-state index contributed by atoms with van der Waals surface area (Å²) in [6, 6.07) is 0. The van der Waals surface area contributed by atoms with Crippen LogP contribution in [0.4, 0.5) is 5.13 Å². The van der Waals surface area contributed by atoms with E-state index in [0.717, 1.165) is 16.5 Å². The molecule has 0 aliphatic rings. The van der Waals surface area contributed by atoms with Crippen LogP contribution in [-0.4, -0.2) is 15.0 Å². The molecule has 0 fully saturated rings. The summed E-state index contributed by atoms with van der Waals surface area (Å²) < 4.78 is 0. The van der Waals surface area contributed by atoms with Crippen molar-refractivity contribution in [2.24, 2.45) is 0 Å². The maximum atomic E-state index is 4.23. The van der Waals surface area contributed by atoms with Crippen LogP contribution in [0.5, 0.6) is 0 Å². The Hall–Kier alpha value is -1.49. The largest absolute Gasteiger partial charge is 0.356 e. The quantitative estimate of drug-likeness (QED) is 0.832. The highest BCUT2D eigenvalue weighted by Gasteiger charge is 1.96. The summed E-state index contributed by atoms with van der Waals surface area (Å²) in [6.07, 6.45) is 5.31. The third kappa shape index (κ3) is 2.26. The van der Waals surface area contributed by atoms with Crippen LogP contribution in [-0.2, 0) is 6.54 Å². The smallest absolute Gasteiger partial charge is 0.182 e. The van der Waals surface area contributed by atoms with E-state index in [1.54, 1.807) is 29.9 Å². The zero-order valence-electron chi connectivity index (χ0n) is 7.77. The Kier molecular flexibility index (Phi) is 2.69. The first kappa shape index (κ1) is 9.08. The first-order chi connectivity index (χ1) is 6.84. The van der Waals surface area contributed by atoms with Gasteiger partial charge in [0.25, 0.3) is 0 Å². The second-order valence-corrected chi connectivity index (χ2v) is 3.73. The predicted octanol–water partition coefficient (Wildman–Crippen LogP) is 1.85. The van der Waals surface area contributed by atoms with Gasteiger partial charge in [-0.3, -0.25) is 9.97 Å². The molecule has 0 radical (unpaired) electrons. The van der Waals surface area contributed by atoms with Crippen LogP contribution in [0.15, 0.2) is 24.0 Å². The molecule has 0 spiro atoms. The third-order valence-corrected chi connectivity index (χ3v) is 2.42. The van der Waals surface area contributed by atoms with E-state index in [1.165, 1.54) is 0 Å². The van der Waals surface area contributed by atoms with Gasteiger partial charge in [-0.15, -0.1) is 11.3 Å². The first-order valence-electron chi connectivity index (χ1n) is 4.25. The highest BCUT2D eigenvalue weighted by Crippen LogP contribution is 2.10. The van der Waals surface area contributed by atoms with E-state index in [-0.39, 0.29) is 0 Å². The summed E-state index contributed by atoms with van der Waals surface area (Å²) in [7, 11) is 0. The van der Waals surface area contributed by atoms with Crippen molar-refractivity contribution in [3.05, 3.63) is 35.4 Å². The van der Waals surface area contributed by atoms with Gasteiger partial charge in [0.05, 0.1) is 24.1 Å². The van der Waals surface area contributed by atoms with Crippen molar-refractivity contribution in [3.8, 4) is 0 Å². The maximum absolute atomic E-state index is 4.23. The van der Waals surface area contributed by atoms with E-state index >= 15 is 0 Å². The number of rotatable bonds is 3. The van der Waals surface area contributed by atoms with Crippen LogP contribution in [0, 0.1) is 6.92 Å². The molecule has 14 heavy (non-hydrogen) atoms. The van der Waals surface area contributed by atoms with Gasteiger partial charge in [0.2, 0.25) is 0 Å². The molecule has 0 unspecified atom stereocenters. The molecule has 0 aliphatic heterocycles. The van der Waals surface area contributed by atoms with Gasteiger partial charge >= 0.3 is 0 Å². The normalized spacial score (nSPS) is 10.1. The minimum Gasteiger partial charge on any atom is -0.356 e. The number of nitrogens with one attached hydrogen (secondary N) is 1. The number of thiazole rings is 1. The molecule has 2 heterocycles. The summed E-state index contributed by atoms with van der Waals surface area (Å²) in [5, 5.41) is 6.01. The lowest BCUT2D eigenvalue weighted by Crippen LogP contribution is -2.01. The van der Waals surface area contributed by atoms with Crippen molar-refractivity contribution in [1.29, 1.82) is 0 Å². The van der Waals surface area contributed by atoms with Gasteiger partial charge in [0, 0.05) is 17.8 Å².